The molecule has 0 bridgehead atoms. The Bertz CT molecular complexity index is 1900. The first-order chi connectivity index (χ1) is 21.1. The Morgan fingerprint density at radius 3 is 2.35 bits per heavy atom. The van der Waals surface area contributed by atoms with E-state index in [1.165, 1.54) is 21.9 Å². The highest BCUT2D eigenvalue weighted by Gasteiger charge is 2.33. The van der Waals surface area contributed by atoms with Crippen LogP contribution in [0.5, 0.6) is 17.2 Å². The monoisotopic (exact) mass is 564 g/mol. The van der Waals surface area contributed by atoms with E-state index in [2.05, 4.69) is 86.5 Å². The van der Waals surface area contributed by atoms with E-state index in [9.17, 15) is 4.79 Å². The molecule has 2 unspecified atom stereocenters. The Balaban J connectivity index is 1.57. The van der Waals surface area contributed by atoms with E-state index >= 15 is 0 Å². The van der Waals surface area contributed by atoms with Crippen LogP contribution in [0.15, 0.2) is 135 Å². The number of rotatable bonds is 11. The van der Waals surface area contributed by atoms with E-state index in [0.717, 1.165) is 39.5 Å². The molecule has 0 N–H and O–H groups in total. The van der Waals surface area contributed by atoms with Crippen molar-refractivity contribution in [3.8, 4) is 17.2 Å². The first-order valence-electron chi connectivity index (χ1n) is 14.3. The van der Waals surface area contributed by atoms with Crippen molar-refractivity contribution in [1.82, 2.24) is 0 Å². The van der Waals surface area contributed by atoms with Crippen molar-refractivity contribution >= 4 is 33.6 Å². The number of ether oxygens (including phenoxy) is 3. The first kappa shape index (κ1) is 27.8. The maximum absolute atomic E-state index is 11.9. The molecule has 0 amide bonds. The van der Waals surface area contributed by atoms with Gasteiger partial charge in [-0.25, -0.2) is 4.79 Å². The van der Waals surface area contributed by atoms with Gasteiger partial charge in [-0.3, -0.25) is 0 Å². The fourth-order valence-corrected chi connectivity index (χ4v) is 5.93. The SMILES string of the molecule is C=CCOc1ccc2c(c1)C=CC2C(c1ccc2ccccc2c1)c1c(OCC=C)ccc2cc(OC(=O)C=C)ccc12. The average Bonchev–Trinajstić information content (AvgIpc) is 3.46. The summed E-state index contributed by atoms with van der Waals surface area (Å²) in [6.07, 6.45) is 9.12. The summed E-state index contributed by atoms with van der Waals surface area (Å²) in [6, 6.07) is 31.1. The van der Waals surface area contributed by atoms with Gasteiger partial charge in [-0.15, -0.1) is 0 Å². The normalized spacial score (nSPS) is 14.2. The van der Waals surface area contributed by atoms with Crippen LogP contribution in [-0.4, -0.2) is 19.2 Å². The molecule has 0 radical (unpaired) electrons. The number of carbonyl (C=O) groups excluding carboxylic acids is 1. The molecule has 212 valence electrons. The molecule has 4 nitrogen and oxygen atoms in total. The maximum Gasteiger partial charge on any atom is 0.335 e. The highest BCUT2D eigenvalue weighted by molar-refractivity contribution is 5.92. The summed E-state index contributed by atoms with van der Waals surface area (Å²) >= 11 is 0. The molecular weight excluding hydrogens is 532 g/mol. The summed E-state index contributed by atoms with van der Waals surface area (Å²) in [5, 5.41) is 4.32. The fourth-order valence-electron chi connectivity index (χ4n) is 5.93. The second-order valence-electron chi connectivity index (χ2n) is 10.4. The van der Waals surface area contributed by atoms with E-state index < -0.39 is 5.97 Å². The molecule has 1 aliphatic rings. The van der Waals surface area contributed by atoms with E-state index in [-0.39, 0.29) is 11.8 Å². The molecule has 2 atom stereocenters. The quantitative estimate of drug-likeness (QED) is 0.0694. The Labute approximate surface area is 251 Å². The summed E-state index contributed by atoms with van der Waals surface area (Å²) < 4.78 is 17.6. The van der Waals surface area contributed by atoms with Crippen LogP contribution in [0.1, 0.15) is 34.1 Å². The van der Waals surface area contributed by atoms with E-state index in [1.807, 2.05) is 36.4 Å². The average molecular weight is 565 g/mol. The van der Waals surface area contributed by atoms with E-state index in [4.69, 9.17) is 14.2 Å². The number of benzene rings is 5. The van der Waals surface area contributed by atoms with E-state index in [1.54, 1.807) is 12.2 Å². The Morgan fingerprint density at radius 1 is 0.767 bits per heavy atom. The predicted molar refractivity (Wildman–Crippen MR) is 175 cm³/mol. The van der Waals surface area contributed by atoms with Gasteiger partial charge in [0.1, 0.15) is 30.5 Å². The lowest BCUT2D eigenvalue weighted by Gasteiger charge is -2.29. The Kier molecular flexibility index (Phi) is 7.92. The van der Waals surface area contributed by atoms with Gasteiger partial charge < -0.3 is 14.2 Å². The third kappa shape index (κ3) is 5.60. The number of esters is 1. The molecule has 0 saturated heterocycles. The minimum Gasteiger partial charge on any atom is -0.490 e. The lowest BCUT2D eigenvalue weighted by Crippen LogP contribution is -2.13. The van der Waals surface area contributed by atoms with Crippen LogP contribution < -0.4 is 14.2 Å². The smallest absolute Gasteiger partial charge is 0.335 e. The number of fused-ring (bicyclic) bond motifs is 3. The molecule has 6 rings (SSSR count). The standard InChI is InChI=1S/C39H32O4/c1-4-21-41-31-15-18-33-28(24-31)13-17-35(33)38(30-12-11-26-9-7-8-10-27(26)23-30)39-34-19-16-32(43-37(40)6-3)25-29(34)14-20-36(39)42-22-5-2/h4-20,23-25,35,38H,1-3,21-22H2. The van der Waals surface area contributed by atoms with Crippen LogP contribution >= 0.6 is 0 Å². The molecule has 0 aliphatic heterocycles. The van der Waals surface area contributed by atoms with Crippen molar-refractivity contribution in [2.75, 3.05) is 13.2 Å². The third-order valence-electron chi connectivity index (χ3n) is 7.81. The third-order valence-corrected chi connectivity index (χ3v) is 7.81. The van der Waals surface area contributed by atoms with Crippen LogP contribution in [0.25, 0.3) is 27.6 Å². The summed E-state index contributed by atoms with van der Waals surface area (Å²) in [4.78, 5) is 11.9. The molecule has 0 saturated carbocycles. The highest BCUT2D eigenvalue weighted by atomic mass is 16.5. The summed E-state index contributed by atoms with van der Waals surface area (Å²) in [7, 11) is 0. The van der Waals surface area contributed by atoms with Gasteiger partial charge in [0.2, 0.25) is 0 Å². The van der Waals surface area contributed by atoms with Crippen LogP contribution in [0.4, 0.5) is 0 Å². The van der Waals surface area contributed by atoms with Crippen molar-refractivity contribution < 1.29 is 19.0 Å². The lowest BCUT2D eigenvalue weighted by atomic mass is 9.76. The van der Waals surface area contributed by atoms with Gasteiger partial charge in [-0.05, 0) is 68.6 Å². The van der Waals surface area contributed by atoms with Gasteiger partial charge in [0.25, 0.3) is 0 Å². The number of hydrogen-bond acceptors (Lipinski definition) is 4. The zero-order valence-corrected chi connectivity index (χ0v) is 23.9. The van der Waals surface area contributed by atoms with Crippen LogP contribution in [0, 0.1) is 0 Å². The largest absolute Gasteiger partial charge is 0.490 e. The molecule has 0 heterocycles. The Hall–Kier alpha value is -5.35. The van der Waals surface area contributed by atoms with Gasteiger partial charge in [0.05, 0.1) is 0 Å². The molecule has 5 aromatic rings. The first-order valence-corrected chi connectivity index (χ1v) is 14.3. The molecule has 1 aliphatic carbocycles. The van der Waals surface area contributed by atoms with Crippen molar-refractivity contribution in [2.24, 2.45) is 0 Å². The summed E-state index contributed by atoms with van der Waals surface area (Å²) in [5.74, 6) is 1.50. The number of allylic oxidation sites excluding steroid dienone is 1. The molecule has 5 aromatic carbocycles. The fraction of sp³-hybridized carbons (Fsp3) is 0.103. The second kappa shape index (κ2) is 12.3. The minimum absolute atomic E-state index is 0.0274. The van der Waals surface area contributed by atoms with Gasteiger partial charge >= 0.3 is 5.97 Å². The summed E-state index contributed by atoms with van der Waals surface area (Å²) in [6.45, 7) is 12.0. The summed E-state index contributed by atoms with van der Waals surface area (Å²) in [5.41, 5.74) is 4.58. The Morgan fingerprint density at radius 2 is 1.53 bits per heavy atom. The van der Waals surface area contributed by atoms with Crippen LogP contribution in [-0.2, 0) is 4.79 Å². The minimum atomic E-state index is -0.497. The van der Waals surface area contributed by atoms with Crippen molar-refractivity contribution in [2.45, 2.75) is 11.8 Å². The van der Waals surface area contributed by atoms with Gasteiger partial charge in [-0.1, -0.05) is 105 Å². The predicted octanol–water partition coefficient (Wildman–Crippen LogP) is 9.16. The highest BCUT2D eigenvalue weighted by Crippen LogP contribution is 2.50. The molecule has 0 aromatic heterocycles. The molecule has 0 fully saturated rings. The van der Waals surface area contributed by atoms with E-state index in [0.29, 0.717) is 19.0 Å². The second-order valence-corrected chi connectivity index (χ2v) is 10.4. The number of carbonyl (C=O) groups is 1. The molecule has 4 heteroatoms. The molecule has 43 heavy (non-hydrogen) atoms. The zero-order valence-electron chi connectivity index (χ0n) is 23.9. The van der Waals surface area contributed by atoms with Crippen LogP contribution in [0.2, 0.25) is 0 Å². The molecular formula is C39H32O4. The van der Waals surface area contributed by atoms with Crippen molar-refractivity contribution in [3.05, 3.63) is 157 Å². The molecule has 0 spiro atoms. The topological polar surface area (TPSA) is 44.8 Å². The maximum atomic E-state index is 11.9. The van der Waals surface area contributed by atoms with Gasteiger partial charge in [-0.2, -0.15) is 0 Å². The lowest BCUT2D eigenvalue weighted by molar-refractivity contribution is -0.128. The van der Waals surface area contributed by atoms with Gasteiger partial charge in [0, 0.05) is 23.5 Å². The number of hydrogen-bond donors (Lipinski definition) is 0. The van der Waals surface area contributed by atoms with Crippen molar-refractivity contribution in [1.29, 1.82) is 0 Å². The zero-order chi connectivity index (χ0) is 29.8. The van der Waals surface area contributed by atoms with Crippen LogP contribution in [0.3, 0.4) is 0 Å². The van der Waals surface area contributed by atoms with Gasteiger partial charge in [0.15, 0.2) is 0 Å². The van der Waals surface area contributed by atoms with Crippen molar-refractivity contribution in [3.63, 3.8) is 0 Å².